The number of hydrogen-bond donors (Lipinski definition) is 1. The number of nitrogens with one attached hydrogen (secondary N) is 1. The Bertz CT molecular complexity index is 913. The zero-order valence-corrected chi connectivity index (χ0v) is 16.9. The summed E-state index contributed by atoms with van der Waals surface area (Å²) in [6.07, 6.45) is 0.878. The first-order valence-electron chi connectivity index (χ1n) is 9.20. The van der Waals surface area contributed by atoms with E-state index in [0.29, 0.717) is 19.0 Å². The summed E-state index contributed by atoms with van der Waals surface area (Å²) in [7, 11) is 0. The van der Waals surface area contributed by atoms with Crippen LogP contribution in [0.4, 0.5) is 0 Å². The van der Waals surface area contributed by atoms with Gasteiger partial charge in [-0.3, -0.25) is 4.79 Å². The third-order valence-electron chi connectivity index (χ3n) is 4.35. The van der Waals surface area contributed by atoms with E-state index in [0.717, 1.165) is 33.3 Å². The maximum absolute atomic E-state index is 12.7. The number of carbonyl (C=O) groups is 1. The van der Waals surface area contributed by atoms with Gasteiger partial charge in [0.15, 0.2) is 11.5 Å². The van der Waals surface area contributed by atoms with Gasteiger partial charge in [0.2, 0.25) is 5.91 Å². The van der Waals surface area contributed by atoms with Crippen molar-refractivity contribution in [3.05, 3.63) is 76.5 Å². The molecule has 2 heterocycles. The van der Waals surface area contributed by atoms with E-state index in [-0.39, 0.29) is 11.9 Å². The van der Waals surface area contributed by atoms with Crippen molar-refractivity contribution in [1.29, 1.82) is 0 Å². The third-order valence-corrected chi connectivity index (χ3v) is 6.29. The Morgan fingerprint density at radius 2 is 1.86 bits per heavy atom. The second-order valence-corrected chi connectivity index (χ2v) is 8.40. The fraction of sp³-hybridized carbons (Fsp3) is 0.227. The highest BCUT2D eigenvalue weighted by molar-refractivity contribution is 8.00. The number of rotatable bonds is 6. The number of benzene rings is 2. The standard InChI is InChI=1S/C22H21NO3S2/c24-21(15-28-17-9-10-18-19(14-17)26-12-5-11-25-18)23-22(20-8-4-13-27-20)16-6-2-1-3-7-16/h1-4,6-10,13-14,22H,5,11-12,15H2,(H,23,24)/t22-/m0/s1. The molecule has 1 N–H and O–H groups in total. The minimum Gasteiger partial charge on any atom is -0.490 e. The Morgan fingerprint density at radius 1 is 1.04 bits per heavy atom. The summed E-state index contributed by atoms with van der Waals surface area (Å²) >= 11 is 3.15. The van der Waals surface area contributed by atoms with Crippen molar-refractivity contribution in [2.45, 2.75) is 17.4 Å². The van der Waals surface area contributed by atoms with E-state index in [2.05, 4.69) is 11.4 Å². The van der Waals surface area contributed by atoms with E-state index in [4.69, 9.17) is 9.47 Å². The average molecular weight is 412 g/mol. The van der Waals surface area contributed by atoms with Crippen molar-refractivity contribution in [1.82, 2.24) is 5.32 Å². The summed E-state index contributed by atoms with van der Waals surface area (Å²) in [5, 5.41) is 5.20. The third kappa shape index (κ3) is 4.69. The summed E-state index contributed by atoms with van der Waals surface area (Å²) in [6, 6.07) is 19.8. The Balaban J connectivity index is 1.41. The number of ether oxygens (including phenoxy) is 2. The second kappa shape index (κ2) is 9.17. The maximum Gasteiger partial charge on any atom is 0.231 e. The van der Waals surface area contributed by atoms with Crippen LogP contribution in [0.3, 0.4) is 0 Å². The summed E-state index contributed by atoms with van der Waals surface area (Å²) in [5.74, 6) is 1.87. The molecule has 1 aromatic heterocycles. The van der Waals surface area contributed by atoms with Crippen LogP contribution in [0.25, 0.3) is 0 Å². The molecule has 1 atom stereocenters. The first-order valence-corrected chi connectivity index (χ1v) is 11.1. The molecule has 0 saturated heterocycles. The number of fused-ring (bicyclic) bond motifs is 1. The zero-order chi connectivity index (χ0) is 19.2. The van der Waals surface area contributed by atoms with Crippen LogP contribution in [0.5, 0.6) is 11.5 Å². The van der Waals surface area contributed by atoms with Gasteiger partial charge in [-0.15, -0.1) is 23.1 Å². The van der Waals surface area contributed by atoms with Crippen molar-refractivity contribution >= 4 is 29.0 Å². The molecule has 4 rings (SSSR count). The molecule has 0 radical (unpaired) electrons. The highest BCUT2D eigenvalue weighted by Gasteiger charge is 2.18. The van der Waals surface area contributed by atoms with Gasteiger partial charge in [-0.2, -0.15) is 0 Å². The van der Waals surface area contributed by atoms with Gasteiger partial charge in [0.05, 0.1) is 25.0 Å². The lowest BCUT2D eigenvalue weighted by Gasteiger charge is -2.18. The van der Waals surface area contributed by atoms with E-state index in [1.54, 1.807) is 11.3 Å². The van der Waals surface area contributed by atoms with Crippen LogP contribution < -0.4 is 14.8 Å². The Kier molecular flexibility index (Phi) is 6.19. The Labute approximate surface area is 172 Å². The summed E-state index contributed by atoms with van der Waals surface area (Å²) in [5.41, 5.74) is 1.08. The second-order valence-electron chi connectivity index (χ2n) is 6.37. The average Bonchev–Trinajstić information content (AvgIpc) is 3.16. The maximum atomic E-state index is 12.7. The quantitative estimate of drug-likeness (QED) is 0.586. The number of amides is 1. The smallest absolute Gasteiger partial charge is 0.231 e. The molecule has 0 spiro atoms. The molecule has 2 aromatic carbocycles. The highest BCUT2D eigenvalue weighted by Crippen LogP contribution is 2.34. The van der Waals surface area contributed by atoms with E-state index < -0.39 is 0 Å². The van der Waals surface area contributed by atoms with Gasteiger partial charge in [0.1, 0.15) is 0 Å². The molecule has 28 heavy (non-hydrogen) atoms. The number of thioether (sulfide) groups is 1. The molecule has 0 fully saturated rings. The highest BCUT2D eigenvalue weighted by atomic mass is 32.2. The topological polar surface area (TPSA) is 47.6 Å². The SMILES string of the molecule is O=C(CSc1ccc2c(c1)OCCCO2)N[C@@H](c1ccccc1)c1cccs1. The van der Waals surface area contributed by atoms with Gasteiger partial charge in [-0.05, 0) is 35.2 Å². The predicted molar refractivity (Wildman–Crippen MR) is 114 cm³/mol. The molecule has 1 aliphatic heterocycles. The lowest BCUT2D eigenvalue weighted by molar-refractivity contribution is -0.119. The Hall–Kier alpha value is -2.44. The van der Waals surface area contributed by atoms with E-state index in [1.807, 2.05) is 60.0 Å². The van der Waals surface area contributed by atoms with Gasteiger partial charge in [0.25, 0.3) is 0 Å². The minimum atomic E-state index is -0.127. The Morgan fingerprint density at radius 3 is 2.64 bits per heavy atom. The lowest BCUT2D eigenvalue weighted by Crippen LogP contribution is -2.30. The molecular weight excluding hydrogens is 390 g/mol. The van der Waals surface area contributed by atoms with Crippen LogP contribution >= 0.6 is 23.1 Å². The monoisotopic (exact) mass is 411 g/mol. The fourth-order valence-electron chi connectivity index (χ4n) is 3.00. The minimum absolute atomic E-state index is 0.000589. The van der Waals surface area contributed by atoms with Crippen molar-refractivity contribution in [3.63, 3.8) is 0 Å². The van der Waals surface area contributed by atoms with Crippen molar-refractivity contribution in [2.24, 2.45) is 0 Å². The van der Waals surface area contributed by atoms with Crippen molar-refractivity contribution in [3.8, 4) is 11.5 Å². The molecule has 0 aliphatic carbocycles. The largest absolute Gasteiger partial charge is 0.490 e. The molecule has 0 unspecified atom stereocenters. The van der Waals surface area contributed by atoms with Gasteiger partial charge in [-0.25, -0.2) is 0 Å². The van der Waals surface area contributed by atoms with Gasteiger partial charge < -0.3 is 14.8 Å². The molecule has 0 saturated carbocycles. The van der Waals surface area contributed by atoms with Crippen LogP contribution in [0.1, 0.15) is 22.9 Å². The number of hydrogen-bond acceptors (Lipinski definition) is 5. The van der Waals surface area contributed by atoms with Crippen molar-refractivity contribution in [2.75, 3.05) is 19.0 Å². The molecule has 4 nitrogen and oxygen atoms in total. The van der Waals surface area contributed by atoms with Crippen LogP contribution in [0.15, 0.2) is 70.9 Å². The summed E-state index contributed by atoms with van der Waals surface area (Å²) in [6.45, 7) is 1.33. The fourth-order valence-corrected chi connectivity index (χ4v) is 4.54. The van der Waals surface area contributed by atoms with E-state index >= 15 is 0 Å². The number of carbonyl (C=O) groups excluding carboxylic acids is 1. The zero-order valence-electron chi connectivity index (χ0n) is 15.3. The molecule has 0 bridgehead atoms. The van der Waals surface area contributed by atoms with E-state index in [9.17, 15) is 4.79 Å². The van der Waals surface area contributed by atoms with Gasteiger partial charge in [0, 0.05) is 16.2 Å². The molecule has 144 valence electrons. The van der Waals surface area contributed by atoms with Crippen LogP contribution in [-0.2, 0) is 4.79 Å². The predicted octanol–water partition coefficient (Wildman–Crippen LogP) is 4.91. The van der Waals surface area contributed by atoms with Crippen LogP contribution in [0, 0.1) is 0 Å². The summed E-state index contributed by atoms with van der Waals surface area (Å²) < 4.78 is 11.4. The molecular formula is C22H21NO3S2. The summed E-state index contributed by atoms with van der Waals surface area (Å²) in [4.78, 5) is 14.8. The molecule has 1 amide bonds. The van der Waals surface area contributed by atoms with Crippen LogP contribution in [0.2, 0.25) is 0 Å². The van der Waals surface area contributed by atoms with E-state index in [1.165, 1.54) is 11.8 Å². The van der Waals surface area contributed by atoms with Gasteiger partial charge >= 0.3 is 0 Å². The van der Waals surface area contributed by atoms with Crippen LogP contribution in [-0.4, -0.2) is 24.9 Å². The molecule has 3 aromatic rings. The van der Waals surface area contributed by atoms with Crippen molar-refractivity contribution < 1.29 is 14.3 Å². The first kappa shape index (κ1) is 18.9. The van der Waals surface area contributed by atoms with Gasteiger partial charge in [-0.1, -0.05) is 36.4 Å². The normalized spacial score (nSPS) is 14.1. The number of thiophene rings is 1. The lowest BCUT2D eigenvalue weighted by atomic mass is 10.1. The molecule has 6 heteroatoms. The first-order chi connectivity index (χ1) is 13.8. The molecule has 1 aliphatic rings.